The third-order valence-corrected chi connectivity index (χ3v) is 5.27. The van der Waals surface area contributed by atoms with Crippen LogP contribution < -0.4 is 15.9 Å². The Morgan fingerprint density at radius 2 is 1.70 bits per heavy atom. The van der Waals surface area contributed by atoms with Gasteiger partial charge in [0, 0.05) is 18.0 Å². The van der Waals surface area contributed by atoms with Crippen LogP contribution in [0.5, 0.6) is 5.75 Å². The first kappa shape index (κ1) is 22.3. The predicted molar refractivity (Wildman–Crippen MR) is 125 cm³/mol. The predicted octanol–water partition coefficient (Wildman–Crippen LogP) is 3.79. The van der Waals surface area contributed by atoms with Gasteiger partial charge in [-0.05, 0) is 30.0 Å². The quantitative estimate of drug-likeness (QED) is 0.419. The molecule has 4 rings (SSSR count). The number of para-hydroxylation sites is 2. The zero-order chi connectivity index (χ0) is 23.6. The highest BCUT2D eigenvalue weighted by molar-refractivity contribution is 5.55. The van der Waals surface area contributed by atoms with E-state index in [1.807, 2.05) is 37.3 Å². The number of nitrogens with zero attached hydrogens (tertiary/aromatic N) is 4. The number of hydrogen-bond donors (Lipinski definition) is 0. The first-order valence-electron chi connectivity index (χ1n) is 10.8. The maximum atomic E-state index is 12.8. The first-order valence-corrected chi connectivity index (χ1v) is 10.8. The van der Waals surface area contributed by atoms with Gasteiger partial charge in [0.2, 0.25) is 11.7 Å². The van der Waals surface area contributed by atoms with Gasteiger partial charge in [-0.25, -0.2) is 0 Å². The molecule has 0 radical (unpaired) electrons. The second-order valence-corrected chi connectivity index (χ2v) is 8.65. The van der Waals surface area contributed by atoms with Crippen molar-refractivity contribution in [2.24, 2.45) is 0 Å². The van der Waals surface area contributed by atoms with Gasteiger partial charge in [-0.3, -0.25) is 18.7 Å². The summed E-state index contributed by atoms with van der Waals surface area (Å²) in [5.41, 5.74) is 1.18. The Balaban J connectivity index is 1.59. The summed E-state index contributed by atoms with van der Waals surface area (Å²) in [5, 5.41) is 4.02. The third kappa shape index (κ3) is 4.64. The summed E-state index contributed by atoms with van der Waals surface area (Å²) in [6.07, 6.45) is 3.05. The Hall–Kier alpha value is -3.94. The van der Waals surface area contributed by atoms with Crippen LogP contribution in [0.25, 0.3) is 17.1 Å². The SMILES string of the molecule is CCOc1ccccc1-n1ccn(Cc2nc(-c3ccc(C(C)(C)C)cc3)no2)c(=O)c1=O. The van der Waals surface area contributed by atoms with E-state index in [1.165, 1.54) is 27.1 Å². The van der Waals surface area contributed by atoms with Gasteiger partial charge in [0.15, 0.2) is 0 Å². The van der Waals surface area contributed by atoms with Crippen molar-refractivity contribution in [2.45, 2.75) is 39.7 Å². The molecule has 4 aromatic rings. The topological polar surface area (TPSA) is 92.2 Å². The number of aromatic nitrogens is 4. The summed E-state index contributed by atoms with van der Waals surface area (Å²) in [6, 6.07) is 15.0. The highest BCUT2D eigenvalue weighted by atomic mass is 16.5. The van der Waals surface area contributed by atoms with Crippen LogP contribution in [-0.2, 0) is 12.0 Å². The molecule has 170 valence electrons. The van der Waals surface area contributed by atoms with E-state index >= 15 is 0 Å². The van der Waals surface area contributed by atoms with E-state index in [4.69, 9.17) is 9.26 Å². The summed E-state index contributed by atoms with van der Waals surface area (Å²) < 4.78 is 13.4. The molecular weight excluding hydrogens is 420 g/mol. The molecule has 0 saturated carbocycles. The minimum absolute atomic E-state index is 0.00487. The van der Waals surface area contributed by atoms with E-state index < -0.39 is 11.1 Å². The van der Waals surface area contributed by atoms with Crippen molar-refractivity contribution in [3.63, 3.8) is 0 Å². The van der Waals surface area contributed by atoms with E-state index in [9.17, 15) is 9.59 Å². The molecule has 0 aliphatic carbocycles. The van der Waals surface area contributed by atoms with Crippen molar-refractivity contribution >= 4 is 0 Å². The number of benzene rings is 2. The summed E-state index contributed by atoms with van der Waals surface area (Å²) in [4.78, 5) is 29.9. The number of hydrogen-bond acceptors (Lipinski definition) is 6. The fourth-order valence-corrected chi connectivity index (χ4v) is 3.46. The summed E-state index contributed by atoms with van der Waals surface area (Å²) in [7, 11) is 0. The minimum atomic E-state index is -0.696. The van der Waals surface area contributed by atoms with E-state index in [0.29, 0.717) is 23.9 Å². The first-order chi connectivity index (χ1) is 15.8. The molecule has 8 nitrogen and oxygen atoms in total. The van der Waals surface area contributed by atoms with Crippen molar-refractivity contribution in [1.29, 1.82) is 0 Å². The smallest absolute Gasteiger partial charge is 0.321 e. The molecule has 0 spiro atoms. The number of ether oxygens (including phenoxy) is 1. The molecule has 0 unspecified atom stereocenters. The highest BCUT2D eigenvalue weighted by Crippen LogP contribution is 2.25. The molecule has 0 aliphatic heterocycles. The fourth-order valence-electron chi connectivity index (χ4n) is 3.46. The van der Waals surface area contributed by atoms with Crippen molar-refractivity contribution in [1.82, 2.24) is 19.3 Å². The molecule has 2 heterocycles. The van der Waals surface area contributed by atoms with E-state index in [-0.39, 0.29) is 17.9 Å². The van der Waals surface area contributed by atoms with E-state index in [0.717, 1.165) is 5.56 Å². The standard InChI is InChI=1S/C25H26N4O4/c1-5-32-20-9-7-6-8-19(20)29-15-14-28(23(30)24(29)31)16-21-26-22(27-33-21)17-10-12-18(13-11-17)25(2,3)4/h6-15H,5,16H2,1-4H3. The Kier molecular flexibility index (Phi) is 6.00. The normalized spacial score (nSPS) is 11.5. The zero-order valence-corrected chi connectivity index (χ0v) is 19.1. The third-order valence-electron chi connectivity index (χ3n) is 5.27. The molecule has 0 bridgehead atoms. The Bertz CT molecular complexity index is 1380. The van der Waals surface area contributed by atoms with Crippen LogP contribution in [0.3, 0.4) is 0 Å². The molecule has 0 amide bonds. The molecule has 33 heavy (non-hydrogen) atoms. The second kappa shape index (κ2) is 8.90. The van der Waals surface area contributed by atoms with Crippen LogP contribution >= 0.6 is 0 Å². The second-order valence-electron chi connectivity index (χ2n) is 8.65. The van der Waals surface area contributed by atoms with Gasteiger partial charge in [-0.1, -0.05) is 62.3 Å². The van der Waals surface area contributed by atoms with Crippen molar-refractivity contribution in [2.75, 3.05) is 6.61 Å². The molecule has 2 aromatic carbocycles. The Morgan fingerprint density at radius 3 is 2.39 bits per heavy atom. The van der Waals surface area contributed by atoms with Crippen LogP contribution in [0.2, 0.25) is 0 Å². The molecule has 0 fully saturated rings. The lowest BCUT2D eigenvalue weighted by molar-refractivity contribution is 0.338. The lowest BCUT2D eigenvalue weighted by Gasteiger charge is -2.18. The van der Waals surface area contributed by atoms with Crippen LogP contribution in [0, 0.1) is 0 Å². The van der Waals surface area contributed by atoms with E-state index in [2.05, 4.69) is 30.9 Å². The molecular formula is C25H26N4O4. The van der Waals surface area contributed by atoms with Crippen LogP contribution in [0.4, 0.5) is 0 Å². The Morgan fingerprint density at radius 1 is 0.970 bits per heavy atom. The summed E-state index contributed by atoms with van der Waals surface area (Å²) in [5.74, 6) is 1.19. The lowest BCUT2D eigenvalue weighted by Crippen LogP contribution is -2.40. The van der Waals surface area contributed by atoms with Crippen molar-refractivity contribution in [3.8, 4) is 22.8 Å². The van der Waals surface area contributed by atoms with Crippen LogP contribution in [0.1, 0.15) is 39.1 Å². The molecule has 0 aliphatic rings. The molecule has 0 atom stereocenters. The monoisotopic (exact) mass is 446 g/mol. The minimum Gasteiger partial charge on any atom is -0.492 e. The average Bonchev–Trinajstić information content (AvgIpc) is 3.26. The summed E-state index contributed by atoms with van der Waals surface area (Å²) >= 11 is 0. The fraction of sp³-hybridized carbons (Fsp3) is 0.280. The highest BCUT2D eigenvalue weighted by Gasteiger charge is 2.16. The molecule has 2 aromatic heterocycles. The van der Waals surface area contributed by atoms with Crippen LogP contribution in [-0.4, -0.2) is 25.9 Å². The van der Waals surface area contributed by atoms with E-state index in [1.54, 1.807) is 18.2 Å². The van der Waals surface area contributed by atoms with Gasteiger partial charge in [-0.15, -0.1) is 0 Å². The van der Waals surface area contributed by atoms with Gasteiger partial charge in [0.25, 0.3) is 0 Å². The molecule has 8 heteroatoms. The maximum absolute atomic E-state index is 12.8. The summed E-state index contributed by atoms with van der Waals surface area (Å²) in [6.45, 7) is 8.74. The molecule has 0 N–H and O–H groups in total. The van der Waals surface area contributed by atoms with Gasteiger partial charge in [0.05, 0.1) is 12.3 Å². The van der Waals surface area contributed by atoms with Gasteiger partial charge >= 0.3 is 11.1 Å². The van der Waals surface area contributed by atoms with Gasteiger partial charge in [-0.2, -0.15) is 4.98 Å². The van der Waals surface area contributed by atoms with Gasteiger partial charge in [0.1, 0.15) is 12.3 Å². The lowest BCUT2D eigenvalue weighted by atomic mass is 9.87. The maximum Gasteiger partial charge on any atom is 0.321 e. The van der Waals surface area contributed by atoms with Crippen molar-refractivity contribution in [3.05, 3.63) is 93.1 Å². The average molecular weight is 447 g/mol. The van der Waals surface area contributed by atoms with Crippen molar-refractivity contribution < 1.29 is 9.26 Å². The molecule has 0 saturated heterocycles. The number of rotatable bonds is 6. The zero-order valence-electron chi connectivity index (χ0n) is 19.1. The Labute approximate surface area is 191 Å². The van der Waals surface area contributed by atoms with Crippen LogP contribution in [0.15, 0.2) is 75.0 Å². The van der Waals surface area contributed by atoms with Gasteiger partial charge < -0.3 is 9.26 Å². The largest absolute Gasteiger partial charge is 0.492 e.